The molecule has 0 bridgehead atoms. The Hall–Kier alpha value is -2.52. The fourth-order valence-corrected chi connectivity index (χ4v) is 6.35. The third kappa shape index (κ3) is 6.69. The number of rotatable bonds is 10. The van der Waals surface area contributed by atoms with Gasteiger partial charge >= 0.3 is 0 Å². The molecule has 0 saturated carbocycles. The van der Waals surface area contributed by atoms with Crippen LogP contribution in [0.5, 0.6) is 0 Å². The van der Waals surface area contributed by atoms with Crippen molar-refractivity contribution in [3.05, 3.63) is 92.6 Å². The molecule has 0 aliphatic rings. The fraction of sp³-hybridized carbons (Fsp3) is 0.444. The van der Waals surface area contributed by atoms with E-state index in [4.69, 9.17) is 9.47 Å². The van der Waals surface area contributed by atoms with E-state index in [1.54, 1.807) is 14.2 Å². The molecule has 5 aromatic rings. The normalized spacial score (nSPS) is 11.3. The van der Waals surface area contributed by atoms with Gasteiger partial charge in [-0.25, -0.2) is 18.3 Å². The third-order valence-electron chi connectivity index (χ3n) is 9.64. The number of halogens is 2. The monoisotopic (exact) mass is 726 g/mol. The predicted molar refractivity (Wildman–Crippen MR) is 171 cm³/mol. The van der Waals surface area contributed by atoms with Crippen molar-refractivity contribution in [2.75, 3.05) is 27.4 Å². The van der Waals surface area contributed by atoms with Crippen LogP contribution >= 0.6 is 0 Å². The number of aryl methyl sites for hydroxylation is 4. The van der Waals surface area contributed by atoms with Gasteiger partial charge in [-0.1, -0.05) is 0 Å². The SMILES string of the molecule is COCCn1c[n+](Cc2c(C)c(C)c(C[n+]3cn(CCOC)c4cc(C)c(C)cc43)c(C)c2C)c2cc(C)c(C)cc21.[Br-].[Br-]. The summed E-state index contributed by atoms with van der Waals surface area (Å²) in [5.41, 5.74) is 18.8. The summed E-state index contributed by atoms with van der Waals surface area (Å²) in [6, 6.07) is 9.32. The molecule has 44 heavy (non-hydrogen) atoms. The molecule has 6 nitrogen and oxygen atoms in total. The van der Waals surface area contributed by atoms with Gasteiger partial charge in [-0.3, -0.25) is 0 Å². The summed E-state index contributed by atoms with van der Waals surface area (Å²) >= 11 is 0. The van der Waals surface area contributed by atoms with Gasteiger partial charge in [-0.05, 0) is 135 Å². The molecule has 0 saturated heterocycles. The number of benzene rings is 3. The van der Waals surface area contributed by atoms with E-state index in [1.807, 2.05) is 0 Å². The molecule has 3 aromatic carbocycles. The van der Waals surface area contributed by atoms with E-state index in [0.717, 1.165) is 26.2 Å². The molecule has 0 unspecified atom stereocenters. The van der Waals surface area contributed by atoms with Crippen molar-refractivity contribution >= 4 is 22.1 Å². The minimum absolute atomic E-state index is 0. The summed E-state index contributed by atoms with van der Waals surface area (Å²) in [5.74, 6) is 0. The molecule has 2 heterocycles. The molecule has 0 amide bonds. The molecular weight excluding hydrogens is 680 g/mol. The first-order chi connectivity index (χ1) is 20.0. The van der Waals surface area contributed by atoms with E-state index >= 15 is 0 Å². The van der Waals surface area contributed by atoms with Crippen molar-refractivity contribution in [1.82, 2.24) is 9.13 Å². The zero-order valence-electron chi connectivity index (χ0n) is 28.1. The Labute approximate surface area is 284 Å². The molecule has 8 heteroatoms. The van der Waals surface area contributed by atoms with E-state index in [9.17, 15) is 0 Å². The Balaban J connectivity index is 0.00000264. The Bertz CT molecular complexity index is 1640. The predicted octanol–water partition coefficient (Wildman–Crippen LogP) is 0.0358. The number of ether oxygens (including phenoxy) is 2. The van der Waals surface area contributed by atoms with Crippen LogP contribution in [0.1, 0.15) is 55.6 Å². The van der Waals surface area contributed by atoms with E-state index in [0.29, 0.717) is 13.2 Å². The van der Waals surface area contributed by atoms with Gasteiger partial charge in [-0.2, -0.15) is 0 Å². The Morgan fingerprint density at radius 2 is 0.841 bits per heavy atom. The summed E-state index contributed by atoms with van der Waals surface area (Å²) in [7, 11) is 3.54. The van der Waals surface area contributed by atoms with Gasteiger partial charge in [0.1, 0.15) is 26.2 Å². The summed E-state index contributed by atoms with van der Waals surface area (Å²) in [4.78, 5) is 0. The lowest BCUT2D eigenvalue weighted by Crippen LogP contribution is -3.00. The van der Waals surface area contributed by atoms with Gasteiger partial charge in [0.15, 0.2) is 22.1 Å². The highest BCUT2D eigenvalue weighted by Crippen LogP contribution is 2.28. The largest absolute Gasteiger partial charge is 1.00 e. The number of hydrogen-bond donors (Lipinski definition) is 0. The van der Waals surface area contributed by atoms with Gasteiger partial charge in [0.05, 0.1) is 13.2 Å². The molecule has 0 aliphatic heterocycles. The molecule has 0 atom stereocenters. The molecule has 0 spiro atoms. The second kappa shape index (κ2) is 14.7. The minimum Gasteiger partial charge on any atom is -1.00 e. The van der Waals surface area contributed by atoms with Crippen LogP contribution in [0.2, 0.25) is 0 Å². The Morgan fingerprint density at radius 3 is 1.16 bits per heavy atom. The van der Waals surface area contributed by atoms with Crippen LogP contribution in [0.15, 0.2) is 36.9 Å². The third-order valence-corrected chi connectivity index (χ3v) is 9.64. The van der Waals surface area contributed by atoms with Crippen molar-refractivity contribution in [1.29, 1.82) is 0 Å². The summed E-state index contributed by atoms with van der Waals surface area (Å²) < 4.78 is 20.4. The quantitative estimate of drug-likeness (QED) is 0.191. The van der Waals surface area contributed by atoms with Crippen LogP contribution in [0.3, 0.4) is 0 Å². The average molecular weight is 729 g/mol. The van der Waals surface area contributed by atoms with Crippen molar-refractivity contribution in [2.45, 2.75) is 81.6 Å². The first-order valence-corrected chi connectivity index (χ1v) is 15.1. The number of nitrogens with zero attached hydrogens (tertiary/aromatic N) is 4. The number of imidazole rings is 2. The van der Waals surface area contributed by atoms with E-state index in [-0.39, 0.29) is 34.0 Å². The van der Waals surface area contributed by atoms with Crippen molar-refractivity contribution in [3.63, 3.8) is 0 Å². The lowest BCUT2D eigenvalue weighted by Gasteiger charge is -2.19. The second-order valence-corrected chi connectivity index (χ2v) is 12.2. The molecule has 0 fully saturated rings. The fourth-order valence-electron chi connectivity index (χ4n) is 6.35. The smallest absolute Gasteiger partial charge is 0.245 e. The highest BCUT2D eigenvalue weighted by molar-refractivity contribution is 5.75. The highest BCUT2D eigenvalue weighted by atomic mass is 79.9. The summed E-state index contributed by atoms with van der Waals surface area (Å²) in [5, 5.41) is 0. The zero-order chi connectivity index (χ0) is 30.3. The van der Waals surface area contributed by atoms with Gasteiger partial charge in [0.2, 0.25) is 12.7 Å². The lowest BCUT2D eigenvalue weighted by molar-refractivity contribution is -0.664. The molecule has 5 rings (SSSR count). The lowest BCUT2D eigenvalue weighted by atomic mass is 9.88. The maximum absolute atomic E-state index is 5.43. The van der Waals surface area contributed by atoms with Gasteiger partial charge in [-0.15, -0.1) is 0 Å². The Morgan fingerprint density at radius 1 is 0.523 bits per heavy atom. The minimum atomic E-state index is 0. The maximum Gasteiger partial charge on any atom is 0.245 e. The van der Waals surface area contributed by atoms with Crippen LogP contribution in [-0.4, -0.2) is 36.6 Å². The molecule has 238 valence electrons. The number of fused-ring (bicyclic) bond motifs is 2. The molecular formula is C36H48Br2N4O2. The van der Waals surface area contributed by atoms with Gasteiger partial charge < -0.3 is 43.4 Å². The van der Waals surface area contributed by atoms with Crippen molar-refractivity contribution < 1.29 is 52.6 Å². The Kier molecular flexibility index (Phi) is 12.0. The van der Waals surface area contributed by atoms with Crippen molar-refractivity contribution in [3.8, 4) is 0 Å². The highest BCUT2D eigenvalue weighted by Gasteiger charge is 2.24. The number of hydrogen-bond acceptors (Lipinski definition) is 2. The zero-order valence-corrected chi connectivity index (χ0v) is 31.2. The number of methoxy groups -OCH3 is 2. The molecule has 0 N–H and O–H groups in total. The molecule has 0 radical (unpaired) electrons. The van der Waals surface area contributed by atoms with Crippen LogP contribution in [0, 0.1) is 55.4 Å². The van der Waals surface area contributed by atoms with Crippen LogP contribution in [0.4, 0.5) is 0 Å². The van der Waals surface area contributed by atoms with Gasteiger partial charge in [0.25, 0.3) is 0 Å². The first kappa shape index (κ1) is 36.0. The van der Waals surface area contributed by atoms with Gasteiger partial charge in [0, 0.05) is 14.2 Å². The average Bonchev–Trinajstić information content (AvgIpc) is 3.46. The van der Waals surface area contributed by atoms with E-state index in [1.165, 1.54) is 77.7 Å². The van der Waals surface area contributed by atoms with Crippen LogP contribution < -0.4 is 43.1 Å². The second-order valence-electron chi connectivity index (χ2n) is 12.2. The summed E-state index contributed by atoms with van der Waals surface area (Å²) in [6.07, 6.45) is 4.55. The van der Waals surface area contributed by atoms with E-state index < -0.39 is 0 Å². The molecule has 2 aromatic heterocycles. The topological polar surface area (TPSA) is 36.1 Å². The first-order valence-electron chi connectivity index (χ1n) is 15.1. The standard InChI is InChI=1S/C36H48N4O2.2BrH/c1-23-15-33-35(17-25(23)3)39(21-37(33)11-13-41-9)19-31-27(5)29(7)32(30(8)28(31)6)20-40-22-38(12-14-42-10)34-16-24(2)26(4)18-36(34)40;;/h15-18,21-22H,11-14,19-20H2,1-10H3;2*1H/q+2;;/p-2. The summed E-state index contributed by atoms with van der Waals surface area (Å²) in [6.45, 7) is 22.8. The maximum atomic E-state index is 5.43. The van der Waals surface area contributed by atoms with Crippen molar-refractivity contribution in [2.24, 2.45) is 0 Å². The number of aromatic nitrogens is 4. The van der Waals surface area contributed by atoms with E-state index in [2.05, 4.69) is 111 Å². The molecule has 0 aliphatic carbocycles. The van der Waals surface area contributed by atoms with Crippen LogP contribution in [-0.2, 0) is 35.7 Å². The van der Waals surface area contributed by atoms with Crippen LogP contribution in [0.25, 0.3) is 22.1 Å².